The number of pyridine rings is 1. The van der Waals surface area contributed by atoms with Crippen LogP contribution in [0.25, 0.3) is 0 Å². The Labute approximate surface area is 97.1 Å². The van der Waals surface area contributed by atoms with E-state index in [1.807, 2.05) is 18.5 Å². The summed E-state index contributed by atoms with van der Waals surface area (Å²) in [5.74, 6) is 0. The predicted octanol–water partition coefficient (Wildman–Crippen LogP) is 1.43. The van der Waals surface area contributed by atoms with E-state index in [2.05, 4.69) is 16.0 Å². The third-order valence-electron chi connectivity index (χ3n) is 2.76. The van der Waals surface area contributed by atoms with Crippen LogP contribution in [-0.4, -0.2) is 29.0 Å². The summed E-state index contributed by atoms with van der Waals surface area (Å²) in [6.07, 6.45) is 6.00. The van der Waals surface area contributed by atoms with Crippen molar-refractivity contribution < 1.29 is 0 Å². The molecule has 1 saturated heterocycles. The molecule has 3 nitrogen and oxygen atoms in total. The first-order valence-corrected chi connectivity index (χ1v) is 5.21. The number of rotatable bonds is 2. The van der Waals surface area contributed by atoms with Crippen LogP contribution in [0.1, 0.15) is 18.4 Å². The van der Waals surface area contributed by atoms with Crippen LogP contribution in [0.4, 0.5) is 0 Å². The number of hydrogen-bond donors (Lipinski definition) is 1. The molecular weight excluding hydrogens is 210 g/mol. The molecule has 0 saturated carbocycles. The number of aromatic nitrogens is 1. The van der Waals surface area contributed by atoms with Gasteiger partial charge in [-0.25, -0.2) is 0 Å². The molecule has 1 aromatic heterocycles. The Bertz CT molecular complexity index is 270. The largest absolute Gasteiger partial charge is 0.328 e. The van der Waals surface area contributed by atoms with Crippen molar-refractivity contribution in [3.8, 4) is 0 Å². The highest BCUT2D eigenvalue weighted by Crippen LogP contribution is 2.11. The summed E-state index contributed by atoms with van der Waals surface area (Å²) >= 11 is 0. The first-order valence-electron chi connectivity index (χ1n) is 5.21. The van der Waals surface area contributed by atoms with Crippen molar-refractivity contribution in [2.24, 2.45) is 5.73 Å². The van der Waals surface area contributed by atoms with E-state index in [4.69, 9.17) is 5.73 Å². The summed E-state index contributed by atoms with van der Waals surface area (Å²) in [7, 11) is 0. The van der Waals surface area contributed by atoms with Crippen molar-refractivity contribution in [3.05, 3.63) is 30.1 Å². The van der Waals surface area contributed by atoms with Gasteiger partial charge < -0.3 is 5.73 Å². The zero-order valence-electron chi connectivity index (χ0n) is 8.80. The summed E-state index contributed by atoms with van der Waals surface area (Å²) in [5, 5.41) is 0. The van der Waals surface area contributed by atoms with Crippen molar-refractivity contribution in [1.82, 2.24) is 9.88 Å². The van der Waals surface area contributed by atoms with Crippen LogP contribution in [0.5, 0.6) is 0 Å². The summed E-state index contributed by atoms with van der Waals surface area (Å²) in [4.78, 5) is 6.56. The highest BCUT2D eigenvalue weighted by Gasteiger charge is 2.15. The highest BCUT2D eigenvalue weighted by molar-refractivity contribution is 5.85. The van der Waals surface area contributed by atoms with Crippen molar-refractivity contribution >= 4 is 12.4 Å². The SMILES string of the molecule is Cl.NC1CCN(Cc2cccnc2)CC1. The average Bonchev–Trinajstić information content (AvgIpc) is 2.23. The van der Waals surface area contributed by atoms with Gasteiger partial charge >= 0.3 is 0 Å². The molecular formula is C11H18ClN3. The quantitative estimate of drug-likeness (QED) is 0.831. The van der Waals surface area contributed by atoms with Gasteiger partial charge in [0.25, 0.3) is 0 Å². The fourth-order valence-corrected chi connectivity index (χ4v) is 1.86. The van der Waals surface area contributed by atoms with E-state index < -0.39 is 0 Å². The Kier molecular flexibility index (Phi) is 5.02. The number of hydrogen-bond acceptors (Lipinski definition) is 3. The molecule has 1 fully saturated rings. The standard InChI is InChI=1S/C11H17N3.ClH/c12-11-3-6-14(7-4-11)9-10-2-1-5-13-8-10;/h1-2,5,8,11H,3-4,6-7,9,12H2;1H. The molecule has 1 aromatic rings. The maximum atomic E-state index is 5.85. The van der Waals surface area contributed by atoms with E-state index in [0.29, 0.717) is 6.04 Å². The highest BCUT2D eigenvalue weighted by atomic mass is 35.5. The van der Waals surface area contributed by atoms with E-state index >= 15 is 0 Å². The second-order valence-electron chi connectivity index (χ2n) is 3.97. The molecule has 0 amide bonds. The first-order chi connectivity index (χ1) is 6.84. The van der Waals surface area contributed by atoms with Crippen LogP contribution in [0.15, 0.2) is 24.5 Å². The molecule has 1 aliphatic heterocycles. The summed E-state index contributed by atoms with van der Waals surface area (Å²) in [5.41, 5.74) is 7.15. The molecule has 0 aromatic carbocycles. The molecule has 0 radical (unpaired) electrons. The number of nitrogens with two attached hydrogens (primary N) is 1. The number of likely N-dealkylation sites (tertiary alicyclic amines) is 1. The van der Waals surface area contributed by atoms with Crippen LogP contribution in [-0.2, 0) is 6.54 Å². The minimum Gasteiger partial charge on any atom is -0.328 e. The fraction of sp³-hybridized carbons (Fsp3) is 0.545. The van der Waals surface area contributed by atoms with Crippen molar-refractivity contribution in [2.45, 2.75) is 25.4 Å². The number of piperidine rings is 1. The lowest BCUT2D eigenvalue weighted by Gasteiger charge is -2.29. The van der Waals surface area contributed by atoms with Gasteiger partial charge in [0, 0.05) is 25.0 Å². The number of nitrogens with zero attached hydrogens (tertiary/aromatic N) is 2. The minimum absolute atomic E-state index is 0. The van der Waals surface area contributed by atoms with Gasteiger partial charge in [0.2, 0.25) is 0 Å². The van der Waals surface area contributed by atoms with E-state index in [0.717, 1.165) is 32.5 Å². The molecule has 0 atom stereocenters. The molecule has 0 spiro atoms. The molecule has 2 rings (SSSR count). The number of halogens is 1. The van der Waals surface area contributed by atoms with Gasteiger partial charge in [0.05, 0.1) is 0 Å². The van der Waals surface area contributed by atoms with Gasteiger partial charge in [0.15, 0.2) is 0 Å². The van der Waals surface area contributed by atoms with E-state index in [9.17, 15) is 0 Å². The van der Waals surface area contributed by atoms with E-state index in [1.54, 1.807) is 0 Å². The zero-order valence-corrected chi connectivity index (χ0v) is 9.62. The van der Waals surface area contributed by atoms with E-state index in [1.165, 1.54) is 5.56 Å². The first kappa shape index (κ1) is 12.4. The second kappa shape index (κ2) is 6.05. The maximum Gasteiger partial charge on any atom is 0.0312 e. The topological polar surface area (TPSA) is 42.1 Å². The summed E-state index contributed by atoms with van der Waals surface area (Å²) in [6, 6.07) is 4.53. The van der Waals surface area contributed by atoms with Gasteiger partial charge in [-0.15, -0.1) is 12.4 Å². The van der Waals surface area contributed by atoms with Crippen LogP contribution in [0.3, 0.4) is 0 Å². The van der Waals surface area contributed by atoms with Crippen molar-refractivity contribution in [1.29, 1.82) is 0 Å². The summed E-state index contributed by atoms with van der Waals surface area (Å²) in [6.45, 7) is 3.26. The molecule has 2 heterocycles. The Morgan fingerprint density at radius 2 is 2.13 bits per heavy atom. The predicted molar refractivity (Wildman–Crippen MR) is 64.0 cm³/mol. The zero-order chi connectivity index (χ0) is 9.80. The van der Waals surface area contributed by atoms with Gasteiger partial charge in [-0.1, -0.05) is 6.07 Å². The molecule has 0 bridgehead atoms. The molecule has 15 heavy (non-hydrogen) atoms. The molecule has 2 N–H and O–H groups in total. The third kappa shape index (κ3) is 3.78. The molecule has 84 valence electrons. The van der Waals surface area contributed by atoms with Crippen LogP contribution in [0.2, 0.25) is 0 Å². The fourth-order valence-electron chi connectivity index (χ4n) is 1.86. The summed E-state index contributed by atoms with van der Waals surface area (Å²) < 4.78 is 0. The second-order valence-corrected chi connectivity index (χ2v) is 3.97. The third-order valence-corrected chi connectivity index (χ3v) is 2.76. The monoisotopic (exact) mass is 227 g/mol. The smallest absolute Gasteiger partial charge is 0.0312 e. The Morgan fingerprint density at radius 1 is 1.40 bits per heavy atom. The lowest BCUT2D eigenvalue weighted by molar-refractivity contribution is 0.205. The average molecular weight is 228 g/mol. The molecule has 0 unspecified atom stereocenters. The Balaban J connectivity index is 0.00000112. The van der Waals surface area contributed by atoms with Crippen molar-refractivity contribution in [3.63, 3.8) is 0 Å². The molecule has 4 heteroatoms. The van der Waals surface area contributed by atoms with Gasteiger partial charge in [-0.3, -0.25) is 9.88 Å². The van der Waals surface area contributed by atoms with Crippen molar-refractivity contribution in [2.75, 3.05) is 13.1 Å². The van der Waals surface area contributed by atoms with Crippen LogP contribution in [0, 0.1) is 0 Å². The van der Waals surface area contributed by atoms with Gasteiger partial charge in [-0.05, 0) is 37.6 Å². The minimum atomic E-state index is 0. The van der Waals surface area contributed by atoms with Gasteiger partial charge in [0.1, 0.15) is 0 Å². The maximum absolute atomic E-state index is 5.85. The normalized spacial score (nSPS) is 18.5. The van der Waals surface area contributed by atoms with E-state index in [-0.39, 0.29) is 12.4 Å². The lowest BCUT2D eigenvalue weighted by atomic mass is 10.1. The molecule has 0 aliphatic carbocycles. The Morgan fingerprint density at radius 3 is 2.73 bits per heavy atom. The van der Waals surface area contributed by atoms with Gasteiger partial charge in [-0.2, -0.15) is 0 Å². The van der Waals surface area contributed by atoms with Crippen LogP contribution >= 0.6 is 12.4 Å². The molecule has 1 aliphatic rings. The Hall–Kier alpha value is -0.640. The lowest BCUT2D eigenvalue weighted by Crippen LogP contribution is -2.39. The van der Waals surface area contributed by atoms with Crippen LogP contribution < -0.4 is 5.73 Å².